The number of aromatic nitrogens is 4. The average Bonchev–Trinajstić information content (AvgIpc) is 3.84. The van der Waals surface area contributed by atoms with E-state index in [0.29, 0.717) is 17.2 Å². The van der Waals surface area contributed by atoms with E-state index in [1.807, 2.05) is 6.07 Å². The van der Waals surface area contributed by atoms with Crippen molar-refractivity contribution >= 4 is 55.1 Å². The summed E-state index contributed by atoms with van der Waals surface area (Å²) in [6.07, 6.45) is 0. The molecule has 252 valence electrons. The number of imidazole rings is 1. The molecule has 0 bridgehead atoms. The zero-order valence-electron chi connectivity index (χ0n) is 30.1. The number of fused-ring (bicyclic) bond motifs is 7. The highest BCUT2D eigenvalue weighted by molar-refractivity contribution is 6.13. The zero-order valence-corrected chi connectivity index (χ0v) is 30.1. The summed E-state index contributed by atoms with van der Waals surface area (Å²) >= 11 is 0. The second-order valence-corrected chi connectivity index (χ2v) is 15.3. The molecule has 0 aliphatic carbocycles. The van der Waals surface area contributed by atoms with Crippen LogP contribution in [0.5, 0.6) is 0 Å². The molecule has 0 aliphatic rings. The first-order valence-corrected chi connectivity index (χ1v) is 17.8. The SMILES string of the molecule is CC(C)c1cc(-c2ccccc2)cc(C(C)C)c1-n1c(-c2cccc3c2oc2nc4c(ccc5nc(C(C)(C)C)oc54)cc23)nc2ccccc21. The maximum absolute atomic E-state index is 6.76. The van der Waals surface area contributed by atoms with E-state index < -0.39 is 0 Å². The standard InChI is InChI=1S/C45H40N4O2/c1-25(2)32-23-29(27-14-9-8-10-15-27)24-33(26(3)4)39(32)49-37-19-12-11-18-35(37)46-42(49)31-17-13-16-30-34-22-28-20-21-36-41(51-44(47-36)45(5,6)7)38(28)48-43(34)50-40(30)31/h8-26H,1-7H3. The van der Waals surface area contributed by atoms with Crippen LogP contribution in [-0.2, 0) is 5.41 Å². The van der Waals surface area contributed by atoms with Crippen LogP contribution in [-0.4, -0.2) is 19.5 Å². The molecule has 0 saturated heterocycles. The molecule has 0 spiro atoms. The van der Waals surface area contributed by atoms with Gasteiger partial charge in [-0.15, -0.1) is 0 Å². The number of benzene rings is 5. The normalized spacial score (nSPS) is 12.6. The Hall–Kier alpha value is -5.75. The van der Waals surface area contributed by atoms with E-state index in [9.17, 15) is 0 Å². The lowest BCUT2D eigenvalue weighted by Crippen LogP contribution is -2.10. The number of furan rings is 1. The Morgan fingerprint density at radius 3 is 2.06 bits per heavy atom. The van der Waals surface area contributed by atoms with Crippen LogP contribution < -0.4 is 0 Å². The van der Waals surface area contributed by atoms with E-state index in [-0.39, 0.29) is 17.3 Å². The summed E-state index contributed by atoms with van der Waals surface area (Å²) in [7, 11) is 0. The number of oxazole rings is 1. The highest BCUT2D eigenvalue weighted by Crippen LogP contribution is 2.43. The first kappa shape index (κ1) is 31.2. The van der Waals surface area contributed by atoms with Gasteiger partial charge in [-0.2, -0.15) is 0 Å². The third-order valence-electron chi connectivity index (χ3n) is 10.00. The van der Waals surface area contributed by atoms with Crippen LogP contribution in [0.25, 0.3) is 83.3 Å². The number of nitrogens with zero attached hydrogens (tertiary/aromatic N) is 4. The molecule has 0 unspecified atom stereocenters. The minimum Gasteiger partial charge on any atom is -0.438 e. The van der Waals surface area contributed by atoms with Crippen LogP contribution in [0.1, 0.15) is 77.3 Å². The molecule has 51 heavy (non-hydrogen) atoms. The Kier molecular flexibility index (Phi) is 6.98. The molecule has 0 radical (unpaired) electrons. The van der Waals surface area contributed by atoms with Gasteiger partial charge < -0.3 is 8.83 Å². The van der Waals surface area contributed by atoms with Gasteiger partial charge in [-0.3, -0.25) is 4.57 Å². The minimum atomic E-state index is -0.220. The Morgan fingerprint density at radius 2 is 1.33 bits per heavy atom. The van der Waals surface area contributed by atoms with E-state index in [4.69, 9.17) is 23.8 Å². The maximum Gasteiger partial charge on any atom is 0.228 e. The molecule has 6 heteroatoms. The van der Waals surface area contributed by atoms with E-state index in [1.165, 1.54) is 27.9 Å². The van der Waals surface area contributed by atoms with Crippen molar-refractivity contribution in [3.05, 3.63) is 120 Å². The van der Waals surface area contributed by atoms with Crippen molar-refractivity contribution in [2.75, 3.05) is 0 Å². The molecule has 0 saturated carbocycles. The summed E-state index contributed by atoms with van der Waals surface area (Å²) in [6, 6.07) is 36.4. The van der Waals surface area contributed by atoms with Crippen LogP contribution in [0, 0.1) is 0 Å². The summed E-state index contributed by atoms with van der Waals surface area (Å²) < 4.78 is 15.5. The number of hydrogen-bond acceptors (Lipinski definition) is 5. The molecular weight excluding hydrogens is 629 g/mol. The minimum absolute atomic E-state index is 0.220. The van der Waals surface area contributed by atoms with Crippen LogP contribution >= 0.6 is 0 Å². The Bertz CT molecular complexity index is 2760. The summed E-state index contributed by atoms with van der Waals surface area (Å²) in [5, 5.41) is 2.93. The predicted molar refractivity (Wildman–Crippen MR) is 209 cm³/mol. The van der Waals surface area contributed by atoms with Crippen LogP contribution in [0.3, 0.4) is 0 Å². The fraction of sp³-hybridized carbons (Fsp3) is 0.222. The number of para-hydroxylation sites is 3. The lowest BCUT2D eigenvalue weighted by atomic mass is 9.88. The summed E-state index contributed by atoms with van der Waals surface area (Å²) in [5.74, 6) is 2.06. The van der Waals surface area contributed by atoms with Gasteiger partial charge in [0.15, 0.2) is 5.58 Å². The number of rotatable bonds is 5. The highest BCUT2D eigenvalue weighted by Gasteiger charge is 2.27. The van der Waals surface area contributed by atoms with E-state index >= 15 is 0 Å². The van der Waals surface area contributed by atoms with Gasteiger partial charge in [-0.25, -0.2) is 15.0 Å². The van der Waals surface area contributed by atoms with Gasteiger partial charge in [0.05, 0.1) is 22.3 Å². The van der Waals surface area contributed by atoms with Gasteiger partial charge in [0, 0.05) is 21.6 Å². The van der Waals surface area contributed by atoms with Crippen molar-refractivity contribution < 1.29 is 8.83 Å². The van der Waals surface area contributed by atoms with E-state index in [0.717, 1.165) is 55.2 Å². The third-order valence-corrected chi connectivity index (χ3v) is 10.00. The van der Waals surface area contributed by atoms with Crippen LogP contribution in [0.4, 0.5) is 0 Å². The average molecular weight is 669 g/mol. The van der Waals surface area contributed by atoms with E-state index in [1.54, 1.807) is 0 Å². The topological polar surface area (TPSA) is 69.9 Å². The molecular formula is C45H40N4O2. The third kappa shape index (κ3) is 4.96. The molecule has 0 fully saturated rings. The number of hydrogen-bond donors (Lipinski definition) is 0. The Labute approximate surface area is 296 Å². The number of pyridine rings is 1. The lowest BCUT2D eigenvalue weighted by molar-refractivity contribution is 0.411. The Morgan fingerprint density at radius 1 is 0.608 bits per heavy atom. The molecule has 4 heterocycles. The Balaban J connectivity index is 1.33. The van der Waals surface area contributed by atoms with Crippen molar-refractivity contribution in [3.63, 3.8) is 0 Å². The predicted octanol–water partition coefficient (Wildman–Crippen LogP) is 12.5. The maximum atomic E-state index is 6.76. The molecule has 0 N–H and O–H groups in total. The van der Waals surface area contributed by atoms with Gasteiger partial charge >= 0.3 is 0 Å². The van der Waals surface area contributed by atoms with E-state index in [2.05, 4.69) is 150 Å². The molecule has 0 amide bonds. The van der Waals surface area contributed by atoms with Gasteiger partial charge in [0.25, 0.3) is 0 Å². The largest absolute Gasteiger partial charge is 0.438 e. The zero-order chi connectivity index (χ0) is 35.2. The van der Waals surface area contributed by atoms with Crippen molar-refractivity contribution in [2.24, 2.45) is 0 Å². The summed E-state index contributed by atoms with van der Waals surface area (Å²) in [5.41, 5.74) is 12.4. The second-order valence-electron chi connectivity index (χ2n) is 15.3. The van der Waals surface area contributed by atoms with Crippen LogP contribution in [0.2, 0.25) is 0 Å². The second kappa shape index (κ2) is 11.4. The van der Waals surface area contributed by atoms with Gasteiger partial charge in [0.2, 0.25) is 11.6 Å². The van der Waals surface area contributed by atoms with Crippen molar-refractivity contribution in [3.8, 4) is 28.2 Å². The first-order chi connectivity index (χ1) is 24.6. The molecule has 0 aliphatic heterocycles. The van der Waals surface area contributed by atoms with Crippen molar-refractivity contribution in [1.29, 1.82) is 0 Å². The quantitative estimate of drug-likeness (QED) is 0.182. The fourth-order valence-corrected chi connectivity index (χ4v) is 7.38. The smallest absolute Gasteiger partial charge is 0.228 e. The monoisotopic (exact) mass is 668 g/mol. The molecule has 4 aromatic heterocycles. The molecule has 5 aromatic carbocycles. The molecule has 9 aromatic rings. The van der Waals surface area contributed by atoms with Gasteiger partial charge in [-0.1, -0.05) is 109 Å². The van der Waals surface area contributed by atoms with Crippen LogP contribution in [0.15, 0.2) is 112 Å². The van der Waals surface area contributed by atoms with Gasteiger partial charge in [-0.05, 0) is 76.6 Å². The van der Waals surface area contributed by atoms with Crippen molar-refractivity contribution in [1.82, 2.24) is 19.5 Å². The first-order valence-electron chi connectivity index (χ1n) is 17.8. The fourth-order valence-electron chi connectivity index (χ4n) is 7.38. The highest BCUT2D eigenvalue weighted by atomic mass is 16.4. The molecule has 9 rings (SSSR count). The molecule has 6 nitrogen and oxygen atoms in total. The van der Waals surface area contributed by atoms with Crippen molar-refractivity contribution in [2.45, 2.75) is 65.7 Å². The van der Waals surface area contributed by atoms with Gasteiger partial charge in [0.1, 0.15) is 22.4 Å². The summed E-state index contributed by atoms with van der Waals surface area (Å²) in [6.45, 7) is 15.4. The molecule has 0 atom stereocenters. The lowest BCUT2D eigenvalue weighted by Gasteiger charge is -2.24. The summed E-state index contributed by atoms with van der Waals surface area (Å²) in [4.78, 5) is 15.2.